The first kappa shape index (κ1) is 13.7. The third-order valence-electron chi connectivity index (χ3n) is 3.04. The van der Waals surface area contributed by atoms with Crippen molar-refractivity contribution in [2.45, 2.75) is 39.9 Å². The van der Waals surface area contributed by atoms with Gasteiger partial charge in [0.25, 0.3) is 0 Å². The van der Waals surface area contributed by atoms with Crippen molar-refractivity contribution >= 4 is 0 Å². The minimum atomic E-state index is -0.215. The fraction of sp³-hybridized carbons (Fsp3) is 0.400. The molecule has 0 saturated carbocycles. The van der Waals surface area contributed by atoms with Crippen molar-refractivity contribution in [2.24, 2.45) is 0 Å². The average Bonchev–Trinajstić information content (AvgIpc) is 2.85. The van der Waals surface area contributed by atoms with Gasteiger partial charge < -0.3 is 5.32 Å². The summed E-state index contributed by atoms with van der Waals surface area (Å²) in [4.78, 5) is 0. The Bertz CT molecular complexity index is 546. The highest BCUT2D eigenvalue weighted by molar-refractivity contribution is 5.66. The van der Waals surface area contributed by atoms with Crippen LogP contribution in [0.5, 0.6) is 0 Å². The zero-order valence-electron chi connectivity index (χ0n) is 11.7. The molecule has 0 aliphatic heterocycles. The van der Waals surface area contributed by atoms with Crippen LogP contribution in [-0.4, -0.2) is 15.8 Å². The lowest BCUT2D eigenvalue weighted by molar-refractivity contribution is 0.587. The van der Waals surface area contributed by atoms with Crippen LogP contribution in [0.25, 0.3) is 11.1 Å². The van der Waals surface area contributed by atoms with Crippen LogP contribution in [0, 0.1) is 5.82 Å². The Hall–Kier alpha value is -1.68. The van der Waals surface area contributed by atoms with Crippen molar-refractivity contribution in [2.75, 3.05) is 0 Å². The van der Waals surface area contributed by atoms with Crippen LogP contribution >= 0.6 is 0 Å². The van der Waals surface area contributed by atoms with Gasteiger partial charge in [-0.2, -0.15) is 5.10 Å². The zero-order valence-corrected chi connectivity index (χ0v) is 11.7. The van der Waals surface area contributed by atoms with Gasteiger partial charge in [-0.1, -0.05) is 19.9 Å². The standard InChI is InChI=1S/C15H20FN3/c1-4-19-10-13(9-18-19)15-7-14(16)6-5-12(15)8-17-11(2)3/h5-7,9-11,17H,4,8H2,1-3H3. The largest absolute Gasteiger partial charge is 0.310 e. The predicted molar refractivity (Wildman–Crippen MR) is 75.3 cm³/mol. The lowest BCUT2D eigenvalue weighted by atomic mass is 10.0. The van der Waals surface area contributed by atoms with E-state index in [2.05, 4.69) is 24.3 Å². The van der Waals surface area contributed by atoms with Gasteiger partial charge in [-0.15, -0.1) is 0 Å². The summed E-state index contributed by atoms with van der Waals surface area (Å²) >= 11 is 0. The van der Waals surface area contributed by atoms with Gasteiger partial charge >= 0.3 is 0 Å². The third-order valence-corrected chi connectivity index (χ3v) is 3.04. The van der Waals surface area contributed by atoms with Crippen molar-refractivity contribution in [1.82, 2.24) is 15.1 Å². The fourth-order valence-electron chi connectivity index (χ4n) is 1.96. The lowest BCUT2D eigenvalue weighted by Crippen LogP contribution is -2.22. The Morgan fingerprint density at radius 3 is 2.79 bits per heavy atom. The molecule has 4 heteroatoms. The van der Waals surface area contributed by atoms with Gasteiger partial charge in [0.15, 0.2) is 0 Å². The molecular formula is C15H20FN3. The van der Waals surface area contributed by atoms with Crippen molar-refractivity contribution in [3.63, 3.8) is 0 Å². The summed E-state index contributed by atoms with van der Waals surface area (Å²) in [5.41, 5.74) is 2.96. The van der Waals surface area contributed by atoms with E-state index >= 15 is 0 Å². The molecule has 0 spiro atoms. The summed E-state index contributed by atoms with van der Waals surface area (Å²) in [6.45, 7) is 7.76. The topological polar surface area (TPSA) is 29.9 Å². The van der Waals surface area contributed by atoms with E-state index in [0.717, 1.165) is 29.8 Å². The number of aromatic nitrogens is 2. The Balaban J connectivity index is 2.33. The van der Waals surface area contributed by atoms with E-state index in [1.54, 1.807) is 12.3 Å². The van der Waals surface area contributed by atoms with Crippen molar-refractivity contribution < 1.29 is 4.39 Å². The maximum atomic E-state index is 13.5. The average molecular weight is 261 g/mol. The van der Waals surface area contributed by atoms with Crippen molar-refractivity contribution in [1.29, 1.82) is 0 Å². The fourth-order valence-corrected chi connectivity index (χ4v) is 1.96. The first-order chi connectivity index (χ1) is 9.10. The van der Waals surface area contributed by atoms with E-state index in [9.17, 15) is 4.39 Å². The molecule has 0 aliphatic rings. The molecule has 3 nitrogen and oxygen atoms in total. The molecule has 0 unspecified atom stereocenters. The van der Waals surface area contributed by atoms with E-state index in [1.807, 2.05) is 23.9 Å². The van der Waals surface area contributed by atoms with Crippen molar-refractivity contribution in [3.05, 3.63) is 42.0 Å². The van der Waals surface area contributed by atoms with Gasteiger partial charge in [0, 0.05) is 30.9 Å². The van der Waals surface area contributed by atoms with Gasteiger partial charge in [0.1, 0.15) is 5.82 Å². The maximum Gasteiger partial charge on any atom is 0.123 e. The highest BCUT2D eigenvalue weighted by Crippen LogP contribution is 2.24. The highest BCUT2D eigenvalue weighted by atomic mass is 19.1. The summed E-state index contributed by atoms with van der Waals surface area (Å²) < 4.78 is 15.3. The Morgan fingerprint density at radius 1 is 1.37 bits per heavy atom. The highest BCUT2D eigenvalue weighted by Gasteiger charge is 2.09. The summed E-state index contributed by atoms with van der Waals surface area (Å²) in [5, 5.41) is 7.61. The van der Waals surface area contributed by atoms with Gasteiger partial charge in [0.05, 0.1) is 6.20 Å². The number of benzene rings is 1. The SMILES string of the molecule is CCn1cc(-c2cc(F)ccc2CNC(C)C)cn1. The monoisotopic (exact) mass is 261 g/mol. The third kappa shape index (κ3) is 3.41. The summed E-state index contributed by atoms with van der Waals surface area (Å²) in [6, 6.07) is 5.32. The van der Waals surface area contributed by atoms with Crippen LogP contribution in [0.2, 0.25) is 0 Å². The molecular weight excluding hydrogens is 241 g/mol. The van der Waals surface area contributed by atoms with Gasteiger partial charge in [0.2, 0.25) is 0 Å². The van der Waals surface area contributed by atoms with Crippen molar-refractivity contribution in [3.8, 4) is 11.1 Å². The van der Waals surface area contributed by atoms with Gasteiger partial charge in [-0.25, -0.2) is 4.39 Å². The van der Waals surface area contributed by atoms with Crippen LogP contribution in [-0.2, 0) is 13.1 Å². The molecule has 1 aromatic carbocycles. The number of nitrogens with one attached hydrogen (secondary N) is 1. The first-order valence-corrected chi connectivity index (χ1v) is 6.64. The second-order valence-corrected chi connectivity index (χ2v) is 4.92. The van der Waals surface area contributed by atoms with Crippen LogP contribution in [0.4, 0.5) is 4.39 Å². The number of nitrogens with zero attached hydrogens (tertiary/aromatic N) is 2. The second kappa shape index (κ2) is 5.97. The molecule has 0 aliphatic carbocycles. The molecule has 102 valence electrons. The predicted octanol–water partition coefficient (Wildman–Crippen LogP) is 3.21. The molecule has 0 bridgehead atoms. The normalized spacial score (nSPS) is 11.2. The zero-order chi connectivity index (χ0) is 13.8. The second-order valence-electron chi connectivity index (χ2n) is 4.92. The quantitative estimate of drug-likeness (QED) is 0.895. The summed E-state index contributed by atoms with van der Waals surface area (Å²) in [5.74, 6) is -0.215. The van der Waals surface area contributed by atoms with E-state index in [4.69, 9.17) is 0 Å². The Morgan fingerprint density at radius 2 is 2.16 bits per heavy atom. The number of hydrogen-bond donors (Lipinski definition) is 1. The molecule has 1 N–H and O–H groups in total. The van der Waals surface area contributed by atoms with E-state index in [1.165, 1.54) is 6.07 Å². The Kier molecular flexibility index (Phi) is 4.32. The lowest BCUT2D eigenvalue weighted by Gasteiger charge is -2.12. The van der Waals surface area contributed by atoms with Crippen LogP contribution < -0.4 is 5.32 Å². The van der Waals surface area contributed by atoms with Crippen LogP contribution in [0.15, 0.2) is 30.6 Å². The Labute approximate surface area is 113 Å². The summed E-state index contributed by atoms with van der Waals surface area (Å²) in [7, 11) is 0. The van der Waals surface area contributed by atoms with E-state index in [0.29, 0.717) is 6.04 Å². The number of aryl methyl sites for hydroxylation is 1. The minimum absolute atomic E-state index is 0.215. The molecule has 0 saturated heterocycles. The molecule has 2 aromatic rings. The molecule has 0 radical (unpaired) electrons. The number of hydrogen-bond acceptors (Lipinski definition) is 2. The molecule has 0 fully saturated rings. The summed E-state index contributed by atoms with van der Waals surface area (Å²) in [6.07, 6.45) is 3.74. The molecule has 1 aromatic heterocycles. The molecule has 0 amide bonds. The van der Waals surface area contributed by atoms with E-state index < -0.39 is 0 Å². The molecule has 1 heterocycles. The molecule has 0 atom stereocenters. The molecule has 2 rings (SSSR count). The van der Waals surface area contributed by atoms with Crippen LogP contribution in [0.3, 0.4) is 0 Å². The molecule has 19 heavy (non-hydrogen) atoms. The number of halogens is 1. The van der Waals surface area contributed by atoms with Gasteiger partial charge in [-0.05, 0) is 30.2 Å². The number of rotatable bonds is 5. The minimum Gasteiger partial charge on any atom is -0.310 e. The van der Waals surface area contributed by atoms with Crippen LogP contribution in [0.1, 0.15) is 26.3 Å². The van der Waals surface area contributed by atoms with Gasteiger partial charge in [-0.3, -0.25) is 4.68 Å². The van der Waals surface area contributed by atoms with E-state index in [-0.39, 0.29) is 5.82 Å². The maximum absolute atomic E-state index is 13.5. The first-order valence-electron chi connectivity index (χ1n) is 6.64. The smallest absolute Gasteiger partial charge is 0.123 e.